The Kier molecular flexibility index (Phi) is 1.82. The van der Waals surface area contributed by atoms with Gasteiger partial charge in [0.15, 0.2) is 0 Å². The van der Waals surface area contributed by atoms with Gasteiger partial charge in [-0.15, -0.1) is 0 Å². The van der Waals surface area contributed by atoms with Gasteiger partial charge in [-0.25, -0.2) is 0 Å². The van der Waals surface area contributed by atoms with Gasteiger partial charge in [0.25, 0.3) is 0 Å². The maximum absolute atomic E-state index is 12.2. The predicted molar refractivity (Wildman–Crippen MR) is 60.8 cm³/mol. The summed E-state index contributed by atoms with van der Waals surface area (Å²) in [4.78, 5) is 24.2. The standard InChI is InChI=1S/C14H20O2/c1-8-10(15)6-9-7-11(16)12-13(2,3)4-5-14(8,9)12/h8-9,12H,4-7H2,1-3H3/t8-,9-,12+,14-/m0/s1. The zero-order valence-corrected chi connectivity index (χ0v) is 10.4. The highest BCUT2D eigenvalue weighted by molar-refractivity contribution is 5.93. The maximum atomic E-state index is 12.2. The number of carbonyl (C=O) groups excluding carboxylic acids is 2. The topological polar surface area (TPSA) is 34.1 Å². The van der Waals surface area contributed by atoms with Crippen molar-refractivity contribution in [2.45, 2.75) is 46.5 Å². The summed E-state index contributed by atoms with van der Waals surface area (Å²) in [7, 11) is 0. The molecule has 0 aromatic carbocycles. The minimum atomic E-state index is 0.0532. The highest BCUT2D eigenvalue weighted by atomic mass is 16.1. The molecule has 0 unspecified atom stereocenters. The normalized spacial score (nSPS) is 49.6. The Morgan fingerprint density at radius 1 is 1.06 bits per heavy atom. The Bertz CT molecular complexity index is 382. The minimum absolute atomic E-state index is 0.0532. The summed E-state index contributed by atoms with van der Waals surface area (Å²) < 4.78 is 0. The summed E-state index contributed by atoms with van der Waals surface area (Å²) in [6, 6.07) is 0. The molecule has 0 aliphatic heterocycles. The first-order chi connectivity index (χ1) is 7.39. The molecule has 3 fully saturated rings. The Morgan fingerprint density at radius 2 is 1.69 bits per heavy atom. The van der Waals surface area contributed by atoms with Gasteiger partial charge in [-0.2, -0.15) is 0 Å². The third kappa shape index (κ3) is 0.946. The van der Waals surface area contributed by atoms with E-state index in [-0.39, 0.29) is 22.7 Å². The van der Waals surface area contributed by atoms with Crippen LogP contribution in [0.2, 0.25) is 0 Å². The van der Waals surface area contributed by atoms with Crippen LogP contribution >= 0.6 is 0 Å². The molecule has 0 bridgehead atoms. The smallest absolute Gasteiger partial charge is 0.137 e. The molecule has 0 radical (unpaired) electrons. The lowest BCUT2D eigenvalue weighted by Gasteiger charge is -2.36. The average Bonchev–Trinajstić information content (AvgIpc) is 2.70. The van der Waals surface area contributed by atoms with Crippen molar-refractivity contribution in [3.8, 4) is 0 Å². The molecule has 2 heteroatoms. The molecule has 1 spiro atoms. The Morgan fingerprint density at radius 3 is 2.38 bits per heavy atom. The second-order valence-electron chi connectivity index (χ2n) is 6.79. The molecule has 3 aliphatic carbocycles. The van der Waals surface area contributed by atoms with E-state index < -0.39 is 0 Å². The van der Waals surface area contributed by atoms with Crippen molar-refractivity contribution < 1.29 is 9.59 Å². The highest BCUT2D eigenvalue weighted by Crippen LogP contribution is 2.69. The molecule has 0 amide bonds. The van der Waals surface area contributed by atoms with E-state index in [0.717, 1.165) is 12.8 Å². The second kappa shape index (κ2) is 2.77. The van der Waals surface area contributed by atoms with E-state index in [1.54, 1.807) is 0 Å². The lowest BCUT2D eigenvalue weighted by atomic mass is 9.66. The zero-order chi connectivity index (χ0) is 11.7. The molecule has 3 rings (SSSR count). The number of hydrogen-bond donors (Lipinski definition) is 0. The third-order valence-corrected chi connectivity index (χ3v) is 5.79. The van der Waals surface area contributed by atoms with Gasteiger partial charge in [-0.1, -0.05) is 20.8 Å². The van der Waals surface area contributed by atoms with E-state index in [4.69, 9.17) is 0 Å². The monoisotopic (exact) mass is 220 g/mol. The van der Waals surface area contributed by atoms with Crippen LogP contribution in [-0.4, -0.2) is 11.6 Å². The van der Waals surface area contributed by atoms with Crippen molar-refractivity contribution in [2.75, 3.05) is 0 Å². The van der Waals surface area contributed by atoms with Crippen LogP contribution in [-0.2, 0) is 9.59 Å². The molecule has 2 nitrogen and oxygen atoms in total. The molecule has 16 heavy (non-hydrogen) atoms. The Labute approximate surface area is 96.8 Å². The van der Waals surface area contributed by atoms with Gasteiger partial charge in [0.2, 0.25) is 0 Å². The van der Waals surface area contributed by atoms with Crippen molar-refractivity contribution in [3.05, 3.63) is 0 Å². The summed E-state index contributed by atoms with van der Waals surface area (Å²) in [6.45, 7) is 6.49. The van der Waals surface area contributed by atoms with Crippen LogP contribution in [0, 0.1) is 28.6 Å². The maximum Gasteiger partial charge on any atom is 0.137 e. The SMILES string of the molecule is C[C@H]1C(=O)C[C@H]2CC(=O)[C@@H]3C(C)(C)CC[C@]231. The van der Waals surface area contributed by atoms with Crippen molar-refractivity contribution in [3.63, 3.8) is 0 Å². The third-order valence-electron chi connectivity index (χ3n) is 5.79. The fraction of sp³-hybridized carbons (Fsp3) is 0.857. The van der Waals surface area contributed by atoms with Crippen molar-refractivity contribution >= 4 is 11.6 Å². The predicted octanol–water partition coefficient (Wildman–Crippen LogP) is 2.61. The second-order valence-corrected chi connectivity index (χ2v) is 6.79. The number of hydrogen-bond acceptors (Lipinski definition) is 2. The zero-order valence-electron chi connectivity index (χ0n) is 10.4. The first kappa shape index (κ1) is 10.5. The van der Waals surface area contributed by atoms with Crippen LogP contribution in [0.25, 0.3) is 0 Å². The molecule has 0 N–H and O–H groups in total. The van der Waals surface area contributed by atoms with Gasteiger partial charge >= 0.3 is 0 Å². The van der Waals surface area contributed by atoms with Gasteiger partial charge in [0.1, 0.15) is 11.6 Å². The molecule has 4 atom stereocenters. The quantitative estimate of drug-likeness (QED) is 0.629. The summed E-state index contributed by atoms with van der Waals surface area (Å²) in [6.07, 6.45) is 3.54. The van der Waals surface area contributed by atoms with Crippen molar-refractivity contribution in [1.29, 1.82) is 0 Å². The molecule has 3 aliphatic rings. The lowest BCUT2D eigenvalue weighted by molar-refractivity contribution is -0.128. The fourth-order valence-electron chi connectivity index (χ4n) is 5.08. The van der Waals surface area contributed by atoms with E-state index in [1.807, 2.05) is 0 Å². The Hall–Kier alpha value is -0.660. The van der Waals surface area contributed by atoms with Crippen LogP contribution in [0.4, 0.5) is 0 Å². The summed E-state index contributed by atoms with van der Waals surface area (Å²) >= 11 is 0. The minimum Gasteiger partial charge on any atom is -0.299 e. The molecule has 0 saturated heterocycles. The van der Waals surface area contributed by atoms with Crippen LogP contribution < -0.4 is 0 Å². The molecule has 3 saturated carbocycles. The van der Waals surface area contributed by atoms with Gasteiger partial charge in [-0.3, -0.25) is 9.59 Å². The highest BCUT2D eigenvalue weighted by Gasteiger charge is 2.69. The van der Waals surface area contributed by atoms with Crippen LogP contribution in [0.5, 0.6) is 0 Å². The van der Waals surface area contributed by atoms with E-state index >= 15 is 0 Å². The van der Waals surface area contributed by atoms with E-state index in [0.29, 0.717) is 30.3 Å². The first-order valence-electron chi connectivity index (χ1n) is 6.45. The summed E-state index contributed by atoms with van der Waals surface area (Å²) in [5, 5.41) is 0. The lowest BCUT2D eigenvalue weighted by Crippen LogP contribution is -2.37. The number of carbonyl (C=O) groups is 2. The summed E-state index contributed by atoms with van der Waals surface area (Å²) in [5.41, 5.74) is 0.169. The van der Waals surface area contributed by atoms with E-state index in [9.17, 15) is 9.59 Å². The van der Waals surface area contributed by atoms with Crippen molar-refractivity contribution in [1.82, 2.24) is 0 Å². The van der Waals surface area contributed by atoms with Gasteiger partial charge < -0.3 is 0 Å². The first-order valence-corrected chi connectivity index (χ1v) is 6.45. The van der Waals surface area contributed by atoms with Gasteiger partial charge in [0.05, 0.1) is 0 Å². The number of ketones is 2. The van der Waals surface area contributed by atoms with Gasteiger partial charge in [-0.05, 0) is 29.6 Å². The van der Waals surface area contributed by atoms with E-state index in [1.165, 1.54) is 0 Å². The molecule has 0 aromatic heterocycles. The van der Waals surface area contributed by atoms with Crippen LogP contribution in [0.1, 0.15) is 46.5 Å². The molecule has 88 valence electrons. The van der Waals surface area contributed by atoms with Crippen LogP contribution in [0.15, 0.2) is 0 Å². The number of rotatable bonds is 0. The van der Waals surface area contributed by atoms with Gasteiger partial charge in [0, 0.05) is 24.7 Å². The molecule has 0 aromatic rings. The molecular weight excluding hydrogens is 200 g/mol. The summed E-state index contributed by atoms with van der Waals surface area (Å²) in [5.74, 6) is 1.49. The van der Waals surface area contributed by atoms with Crippen LogP contribution in [0.3, 0.4) is 0 Å². The van der Waals surface area contributed by atoms with Crippen molar-refractivity contribution in [2.24, 2.45) is 28.6 Å². The average molecular weight is 220 g/mol. The Balaban J connectivity index is 2.12. The largest absolute Gasteiger partial charge is 0.299 e. The molecular formula is C14H20O2. The molecule has 0 heterocycles. The van der Waals surface area contributed by atoms with E-state index in [2.05, 4.69) is 20.8 Å². The fourth-order valence-corrected chi connectivity index (χ4v) is 5.08. The number of Topliss-reactive ketones (excluding diaryl/α,β-unsaturated/α-hetero) is 2.